The molecule has 0 fully saturated rings. The van der Waals surface area contributed by atoms with E-state index in [0.717, 1.165) is 15.6 Å². The van der Waals surface area contributed by atoms with Gasteiger partial charge in [0.05, 0.1) is 18.2 Å². The van der Waals surface area contributed by atoms with Gasteiger partial charge in [-0.15, -0.1) is 0 Å². The van der Waals surface area contributed by atoms with Crippen molar-refractivity contribution in [1.29, 1.82) is 0 Å². The molecule has 2 aromatic rings. The second kappa shape index (κ2) is 10.4. The summed E-state index contributed by atoms with van der Waals surface area (Å²) in [4.78, 5) is 26.4. The van der Waals surface area contributed by atoms with E-state index >= 15 is 0 Å². The molecule has 0 aromatic heterocycles. The molecule has 5 nitrogen and oxygen atoms in total. The number of halogens is 1. The van der Waals surface area contributed by atoms with Gasteiger partial charge in [0.15, 0.2) is 0 Å². The second-order valence-corrected chi connectivity index (χ2v) is 7.70. The molecule has 0 spiro atoms. The van der Waals surface area contributed by atoms with E-state index in [4.69, 9.17) is 0 Å². The summed E-state index contributed by atoms with van der Waals surface area (Å²) in [6.07, 6.45) is 1.00. The van der Waals surface area contributed by atoms with Gasteiger partial charge in [-0.25, -0.2) is 0 Å². The molecule has 27 heavy (non-hydrogen) atoms. The van der Waals surface area contributed by atoms with Crippen LogP contribution in [0.2, 0.25) is 0 Å². The molecule has 1 unspecified atom stereocenters. The largest absolute Gasteiger partial charge is 0.353 e. The third-order valence-electron chi connectivity index (χ3n) is 4.42. The first-order valence-corrected chi connectivity index (χ1v) is 10.0. The van der Waals surface area contributed by atoms with E-state index in [2.05, 4.69) is 69.3 Å². The lowest BCUT2D eigenvalue weighted by atomic mass is 10.0. The Morgan fingerprint density at radius 1 is 1.04 bits per heavy atom. The van der Waals surface area contributed by atoms with E-state index in [0.29, 0.717) is 12.1 Å². The van der Waals surface area contributed by atoms with Crippen molar-refractivity contribution in [2.24, 2.45) is 0 Å². The first-order valence-electron chi connectivity index (χ1n) is 8.97. The summed E-state index contributed by atoms with van der Waals surface area (Å²) >= 11 is 2.11. The molecule has 144 valence electrons. The smallest absolute Gasteiger partial charge is 0.252 e. The minimum Gasteiger partial charge on any atom is -0.353 e. The van der Waals surface area contributed by atoms with Gasteiger partial charge < -0.3 is 15.5 Å². The Hall–Kier alpha value is -1.93. The zero-order valence-corrected chi connectivity index (χ0v) is 18.1. The fourth-order valence-corrected chi connectivity index (χ4v) is 3.38. The average molecular weight is 479 g/mol. The van der Waals surface area contributed by atoms with Crippen LogP contribution >= 0.6 is 22.6 Å². The molecule has 0 heterocycles. The highest BCUT2D eigenvalue weighted by molar-refractivity contribution is 14.1. The maximum atomic E-state index is 12.2. The molecule has 0 bridgehead atoms. The molecule has 0 radical (unpaired) electrons. The number of amides is 2. The number of hydrogen-bond donors (Lipinski definition) is 2. The molecule has 2 aromatic carbocycles. The Bertz CT molecular complexity index is 775. The number of nitrogens with zero attached hydrogens (tertiary/aromatic N) is 1. The number of aryl methyl sites for hydroxylation is 1. The highest BCUT2D eigenvalue weighted by Crippen LogP contribution is 2.18. The Morgan fingerprint density at radius 3 is 2.30 bits per heavy atom. The minimum atomic E-state index is -0.241. The highest BCUT2D eigenvalue weighted by atomic mass is 127. The molecule has 2 amide bonds. The van der Waals surface area contributed by atoms with E-state index in [-0.39, 0.29) is 24.4 Å². The minimum absolute atomic E-state index is 0.0429. The molecular weight excluding hydrogens is 453 g/mol. The lowest BCUT2D eigenvalue weighted by molar-refractivity contribution is -0.120. The monoisotopic (exact) mass is 479 g/mol. The lowest BCUT2D eigenvalue weighted by Crippen LogP contribution is -2.40. The number of nitrogens with one attached hydrogen (secondary N) is 2. The number of likely N-dealkylation sites (N-methyl/N-ethyl adjacent to an activating group) is 1. The van der Waals surface area contributed by atoms with E-state index in [1.165, 1.54) is 5.56 Å². The summed E-state index contributed by atoms with van der Waals surface area (Å²) in [5.74, 6) is -0.444. The third kappa shape index (κ3) is 6.32. The number of rotatable bonds is 8. The topological polar surface area (TPSA) is 61.4 Å². The van der Waals surface area contributed by atoms with Crippen molar-refractivity contribution in [2.45, 2.75) is 19.4 Å². The second-order valence-electron chi connectivity index (χ2n) is 6.54. The van der Waals surface area contributed by atoms with Gasteiger partial charge in [0.25, 0.3) is 5.91 Å². The summed E-state index contributed by atoms with van der Waals surface area (Å²) in [7, 11) is 3.98. The summed E-state index contributed by atoms with van der Waals surface area (Å²) < 4.78 is 0.858. The average Bonchev–Trinajstić information content (AvgIpc) is 2.67. The van der Waals surface area contributed by atoms with Crippen LogP contribution in [0.3, 0.4) is 0 Å². The van der Waals surface area contributed by atoms with Gasteiger partial charge in [0.2, 0.25) is 5.91 Å². The number of benzene rings is 2. The normalized spacial score (nSPS) is 11.9. The zero-order valence-electron chi connectivity index (χ0n) is 16.0. The van der Waals surface area contributed by atoms with Crippen LogP contribution in [0.25, 0.3) is 0 Å². The Kier molecular flexibility index (Phi) is 8.24. The van der Waals surface area contributed by atoms with Gasteiger partial charge in [-0.05, 0) is 66.4 Å². The highest BCUT2D eigenvalue weighted by Gasteiger charge is 2.16. The maximum absolute atomic E-state index is 12.2. The van der Waals surface area contributed by atoms with E-state index in [1.807, 2.05) is 32.3 Å². The van der Waals surface area contributed by atoms with Crippen LogP contribution < -0.4 is 10.6 Å². The van der Waals surface area contributed by atoms with Gasteiger partial charge in [-0.3, -0.25) is 9.59 Å². The summed E-state index contributed by atoms with van der Waals surface area (Å²) in [5.41, 5.74) is 3.02. The molecule has 6 heteroatoms. The van der Waals surface area contributed by atoms with Crippen LogP contribution in [0.5, 0.6) is 0 Å². The van der Waals surface area contributed by atoms with Crippen LogP contribution in [-0.2, 0) is 11.2 Å². The molecule has 0 aliphatic carbocycles. The number of carbonyl (C=O) groups excluding carboxylic acids is 2. The number of hydrogen-bond acceptors (Lipinski definition) is 3. The van der Waals surface area contributed by atoms with Gasteiger partial charge in [0, 0.05) is 10.1 Å². The summed E-state index contributed by atoms with van der Waals surface area (Å²) in [6.45, 7) is 2.57. The Balaban J connectivity index is 1.88. The predicted molar refractivity (Wildman–Crippen MR) is 117 cm³/mol. The lowest BCUT2D eigenvalue weighted by Gasteiger charge is -2.25. The Morgan fingerprint density at radius 2 is 1.70 bits per heavy atom. The van der Waals surface area contributed by atoms with E-state index in [9.17, 15) is 9.59 Å². The third-order valence-corrected chi connectivity index (χ3v) is 5.36. The van der Waals surface area contributed by atoms with Crippen LogP contribution in [0.15, 0.2) is 48.5 Å². The molecule has 0 aliphatic rings. The molecule has 0 saturated heterocycles. The van der Waals surface area contributed by atoms with Crippen molar-refractivity contribution < 1.29 is 9.59 Å². The van der Waals surface area contributed by atoms with Gasteiger partial charge in [0.1, 0.15) is 0 Å². The number of carbonyl (C=O) groups is 2. The molecule has 0 aliphatic heterocycles. The molecule has 2 rings (SSSR count). The standard InChI is InChI=1S/C21H26IN3O2/c1-4-15-9-11-16(12-10-15)19(25(2)3)13-23-20(26)14-24-21(27)17-7-5-6-8-18(17)22/h5-12,19H,4,13-14H2,1-3H3,(H,23,26)(H,24,27). The van der Waals surface area contributed by atoms with Crippen molar-refractivity contribution in [3.05, 3.63) is 68.8 Å². The van der Waals surface area contributed by atoms with Crippen LogP contribution in [-0.4, -0.2) is 43.9 Å². The fraction of sp³-hybridized carbons (Fsp3) is 0.333. The van der Waals surface area contributed by atoms with Crippen molar-refractivity contribution in [3.63, 3.8) is 0 Å². The van der Waals surface area contributed by atoms with E-state index < -0.39 is 0 Å². The molecule has 0 saturated carbocycles. The fourth-order valence-electron chi connectivity index (χ4n) is 2.75. The first-order chi connectivity index (χ1) is 12.9. The predicted octanol–water partition coefficient (Wildman–Crippen LogP) is 3.00. The summed E-state index contributed by atoms with van der Waals surface area (Å²) in [5, 5.41) is 5.59. The quantitative estimate of drug-likeness (QED) is 0.573. The van der Waals surface area contributed by atoms with Crippen LogP contribution in [0.1, 0.15) is 34.5 Å². The molecule has 1 atom stereocenters. The van der Waals surface area contributed by atoms with Gasteiger partial charge in [-0.2, -0.15) is 0 Å². The zero-order chi connectivity index (χ0) is 19.8. The summed E-state index contributed by atoms with van der Waals surface area (Å²) in [6, 6.07) is 15.8. The maximum Gasteiger partial charge on any atom is 0.252 e. The van der Waals surface area contributed by atoms with Crippen LogP contribution in [0.4, 0.5) is 0 Å². The first kappa shape index (κ1) is 21.4. The van der Waals surface area contributed by atoms with Crippen LogP contribution in [0, 0.1) is 3.57 Å². The van der Waals surface area contributed by atoms with Crippen molar-refractivity contribution in [3.8, 4) is 0 Å². The molecular formula is C21H26IN3O2. The Labute approximate surface area is 174 Å². The van der Waals surface area contributed by atoms with Crippen molar-refractivity contribution >= 4 is 34.4 Å². The molecule has 2 N–H and O–H groups in total. The van der Waals surface area contributed by atoms with Crippen molar-refractivity contribution in [1.82, 2.24) is 15.5 Å². The van der Waals surface area contributed by atoms with Gasteiger partial charge in [-0.1, -0.05) is 43.3 Å². The van der Waals surface area contributed by atoms with Gasteiger partial charge >= 0.3 is 0 Å². The SMILES string of the molecule is CCc1ccc(C(CNC(=O)CNC(=O)c2ccccc2I)N(C)C)cc1. The van der Waals surface area contributed by atoms with Crippen molar-refractivity contribution in [2.75, 3.05) is 27.2 Å². The van der Waals surface area contributed by atoms with E-state index in [1.54, 1.807) is 6.07 Å².